The van der Waals surface area contributed by atoms with Crippen molar-refractivity contribution in [3.05, 3.63) is 34.7 Å². The molecule has 4 atom stereocenters. The molecule has 0 radical (unpaired) electrons. The first-order valence-corrected chi connectivity index (χ1v) is 11.6. The molecule has 2 aliphatic rings. The van der Waals surface area contributed by atoms with Gasteiger partial charge in [-0.1, -0.05) is 6.92 Å². The van der Waals surface area contributed by atoms with Crippen LogP contribution in [0.1, 0.15) is 23.8 Å². The molecule has 2 aromatic heterocycles. The molecule has 10 heteroatoms. The molecular formula is C18H19BrN4O4S. The van der Waals surface area contributed by atoms with Crippen LogP contribution < -0.4 is 10.6 Å². The van der Waals surface area contributed by atoms with Gasteiger partial charge in [-0.3, -0.25) is 14.6 Å². The topological polar surface area (TPSA) is 118 Å². The first kappa shape index (κ1) is 19.3. The molecule has 2 aromatic rings. The molecule has 28 heavy (non-hydrogen) atoms. The van der Waals surface area contributed by atoms with Crippen molar-refractivity contribution < 1.29 is 18.0 Å². The zero-order valence-corrected chi connectivity index (χ0v) is 17.5. The highest BCUT2D eigenvalue weighted by molar-refractivity contribution is 9.10. The van der Waals surface area contributed by atoms with Gasteiger partial charge in [0.05, 0.1) is 33.6 Å². The molecule has 0 spiro atoms. The molecule has 2 amide bonds. The Kier molecular flexibility index (Phi) is 4.86. The lowest BCUT2D eigenvalue weighted by atomic mass is 10.1. The predicted octanol–water partition coefficient (Wildman–Crippen LogP) is 1.06. The van der Waals surface area contributed by atoms with Crippen LogP contribution in [0.15, 0.2) is 29.0 Å². The molecule has 1 aliphatic carbocycles. The molecule has 2 N–H and O–H groups in total. The number of halogens is 1. The van der Waals surface area contributed by atoms with Crippen molar-refractivity contribution in [3.63, 3.8) is 0 Å². The van der Waals surface area contributed by atoms with Crippen molar-refractivity contribution in [2.45, 2.75) is 25.4 Å². The number of nitrogens with one attached hydrogen (secondary N) is 2. The van der Waals surface area contributed by atoms with E-state index in [9.17, 15) is 18.0 Å². The lowest BCUT2D eigenvalue weighted by Gasteiger charge is -2.20. The summed E-state index contributed by atoms with van der Waals surface area (Å²) in [6.45, 7) is 1.98. The third-order valence-corrected chi connectivity index (χ3v) is 7.54. The van der Waals surface area contributed by atoms with E-state index in [0.717, 1.165) is 11.8 Å². The monoisotopic (exact) mass is 466 g/mol. The number of carbonyl (C=O) groups excluding carboxylic acids is 2. The molecule has 1 aliphatic heterocycles. The highest BCUT2D eigenvalue weighted by Crippen LogP contribution is 2.38. The Morgan fingerprint density at radius 3 is 2.50 bits per heavy atom. The van der Waals surface area contributed by atoms with Crippen molar-refractivity contribution in [1.82, 2.24) is 20.6 Å². The number of amides is 2. The summed E-state index contributed by atoms with van der Waals surface area (Å²) in [7, 11) is -3.34. The molecule has 3 heterocycles. The van der Waals surface area contributed by atoms with Crippen molar-refractivity contribution in [2.75, 3.05) is 11.5 Å². The Morgan fingerprint density at radius 1 is 1.14 bits per heavy atom. The van der Waals surface area contributed by atoms with E-state index in [2.05, 4.69) is 36.5 Å². The summed E-state index contributed by atoms with van der Waals surface area (Å²) in [4.78, 5) is 33.3. The van der Waals surface area contributed by atoms with Gasteiger partial charge in [0.1, 0.15) is 5.69 Å². The molecule has 1 saturated heterocycles. The maximum absolute atomic E-state index is 12.7. The Hall–Kier alpha value is -2.07. The first-order chi connectivity index (χ1) is 13.2. The van der Waals surface area contributed by atoms with Crippen LogP contribution in [0, 0.1) is 11.8 Å². The number of carbonyl (C=O) groups is 2. The van der Waals surface area contributed by atoms with Gasteiger partial charge in [0.15, 0.2) is 9.84 Å². The van der Waals surface area contributed by atoms with Gasteiger partial charge in [-0.2, -0.15) is 0 Å². The second-order valence-corrected chi connectivity index (χ2v) is 10.5. The zero-order valence-electron chi connectivity index (χ0n) is 15.1. The maximum Gasteiger partial charge on any atom is 0.270 e. The van der Waals surface area contributed by atoms with Crippen LogP contribution in [0.4, 0.5) is 0 Å². The lowest BCUT2D eigenvalue weighted by Crippen LogP contribution is -2.51. The summed E-state index contributed by atoms with van der Waals surface area (Å²) >= 11 is 3.36. The van der Waals surface area contributed by atoms with Crippen LogP contribution in [0.2, 0.25) is 0 Å². The number of hydrogen-bond acceptors (Lipinski definition) is 6. The largest absolute Gasteiger partial charge is 0.350 e. The summed E-state index contributed by atoms with van der Waals surface area (Å²) in [5.41, 5.74) is 0.763. The molecule has 2 fully saturated rings. The van der Waals surface area contributed by atoms with E-state index < -0.39 is 27.8 Å². The van der Waals surface area contributed by atoms with Crippen LogP contribution in [0.5, 0.6) is 0 Å². The van der Waals surface area contributed by atoms with Crippen LogP contribution in [-0.2, 0) is 14.6 Å². The second-order valence-electron chi connectivity index (χ2n) is 7.48. The lowest BCUT2D eigenvalue weighted by molar-refractivity contribution is -0.123. The van der Waals surface area contributed by atoms with E-state index in [1.165, 1.54) is 0 Å². The Bertz CT molecular complexity index is 1070. The minimum atomic E-state index is -3.34. The van der Waals surface area contributed by atoms with E-state index in [1.807, 2.05) is 6.92 Å². The molecular weight excluding hydrogens is 448 g/mol. The standard InChI is InChI=1S/C18H19BrN4O4S/c1-9-4-11(9)17(24)22-14-7-28(26,27)8-15(14)23-18(25)13-3-2-10-5-20-6-12(19)16(10)21-13/h2-3,5-6,9,11,14-15H,4,7-8H2,1H3,(H,22,24)(H,23,25). The smallest absolute Gasteiger partial charge is 0.270 e. The van der Waals surface area contributed by atoms with Gasteiger partial charge >= 0.3 is 0 Å². The van der Waals surface area contributed by atoms with Gasteiger partial charge in [-0.05, 0) is 40.4 Å². The van der Waals surface area contributed by atoms with Gasteiger partial charge in [0, 0.05) is 23.7 Å². The highest BCUT2D eigenvalue weighted by Gasteiger charge is 2.44. The maximum atomic E-state index is 12.7. The fraction of sp³-hybridized carbons (Fsp3) is 0.444. The van der Waals surface area contributed by atoms with Gasteiger partial charge < -0.3 is 10.6 Å². The SMILES string of the molecule is CC1CC1C(=O)NC1CS(=O)(=O)CC1NC(=O)c1ccc2cncc(Br)c2n1. The van der Waals surface area contributed by atoms with E-state index in [1.54, 1.807) is 24.5 Å². The van der Waals surface area contributed by atoms with Gasteiger partial charge in [-0.15, -0.1) is 0 Å². The molecule has 4 unspecified atom stereocenters. The third kappa shape index (κ3) is 3.88. The second kappa shape index (κ2) is 7.07. The molecule has 0 bridgehead atoms. The van der Waals surface area contributed by atoms with Gasteiger partial charge in [0.25, 0.3) is 5.91 Å². The van der Waals surface area contributed by atoms with Crippen LogP contribution in [0.3, 0.4) is 0 Å². The average molecular weight is 467 g/mol. The van der Waals surface area contributed by atoms with Crippen molar-refractivity contribution in [1.29, 1.82) is 0 Å². The van der Waals surface area contributed by atoms with E-state index >= 15 is 0 Å². The quantitative estimate of drug-likeness (QED) is 0.695. The molecule has 148 valence electrons. The fourth-order valence-corrected chi connectivity index (χ4v) is 5.78. The normalized spacial score (nSPS) is 28.1. The van der Waals surface area contributed by atoms with E-state index in [4.69, 9.17) is 0 Å². The van der Waals surface area contributed by atoms with Crippen LogP contribution >= 0.6 is 15.9 Å². The molecule has 4 rings (SSSR count). The number of rotatable bonds is 4. The van der Waals surface area contributed by atoms with Crippen LogP contribution in [-0.4, -0.2) is 53.8 Å². The number of sulfone groups is 1. The van der Waals surface area contributed by atoms with Crippen molar-refractivity contribution >= 4 is 48.5 Å². The summed E-state index contributed by atoms with van der Waals surface area (Å²) in [6, 6.07) is 1.97. The minimum Gasteiger partial charge on any atom is -0.350 e. The van der Waals surface area contributed by atoms with Gasteiger partial charge in [0.2, 0.25) is 5.91 Å². The molecule has 1 saturated carbocycles. The van der Waals surface area contributed by atoms with E-state index in [-0.39, 0.29) is 29.0 Å². The molecule has 8 nitrogen and oxygen atoms in total. The number of fused-ring (bicyclic) bond motifs is 1. The van der Waals surface area contributed by atoms with Crippen LogP contribution in [0.25, 0.3) is 10.9 Å². The third-order valence-electron chi connectivity index (χ3n) is 5.23. The summed E-state index contributed by atoms with van der Waals surface area (Å²) in [5.74, 6) is -0.743. The Balaban J connectivity index is 1.51. The van der Waals surface area contributed by atoms with E-state index in [0.29, 0.717) is 15.9 Å². The Labute approximate surface area is 170 Å². The predicted molar refractivity (Wildman–Crippen MR) is 106 cm³/mol. The number of hydrogen-bond donors (Lipinski definition) is 2. The Morgan fingerprint density at radius 2 is 1.82 bits per heavy atom. The first-order valence-electron chi connectivity index (χ1n) is 8.95. The number of aromatic nitrogens is 2. The summed E-state index contributed by atoms with van der Waals surface area (Å²) < 4.78 is 24.8. The highest BCUT2D eigenvalue weighted by atomic mass is 79.9. The summed E-state index contributed by atoms with van der Waals surface area (Å²) in [6.07, 6.45) is 4.04. The molecule has 0 aromatic carbocycles. The number of nitrogens with zero attached hydrogens (tertiary/aromatic N) is 2. The number of pyridine rings is 2. The zero-order chi connectivity index (χ0) is 20.1. The fourth-order valence-electron chi connectivity index (χ4n) is 3.49. The van der Waals surface area contributed by atoms with Crippen molar-refractivity contribution in [2.24, 2.45) is 11.8 Å². The summed E-state index contributed by atoms with van der Waals surface area (Å²) in [5, 5.41) is 6.31. The minimum absolute atomic E-state index is 0.0623. The van der Waals surface area contributed by atoms with Crippen molar-refractivity contribution in [3.8, 4) is 0 Å². The van der Waals surface area contributed by atoms with Gasteiger partial charge in [-0.25, -0.2) is 13.4 Å². The average Bonchev–Trinajstić information content (AvgIpc) is 3.30.